The molecule has 0 fully saturated rings. The Bertz CT molecular complexity index is 533. The van der Waals surface area contributed by atoms with Gasteiger partial charge in [0.05, 0.1) is 0 Å². The first-order chi connectivity index (χ1) is 9.70. The monoisotopic (exact) mass is 285 g/mol. The van der Waals surface area contributed by atoms with Crippen LogP contribution < -0.4 is 5.32 Å². The fraction of sp³-hybridized carbons (Fsp3) is 0.222. The van der Waals surface area contributed by atoms with Crippen molar-refractivity contribution in [1.29, 1.82) is 0 Å². The Morgan fingerprint density at radius 3 is 2.30 bits per heavy atom. The molecule has 1 N–H and O–H groups in total. The summed E-state index contributed by atoms with van der Waals surface area (Å²) in [7, 11) is 0. The van der Waals surface area contributed by atoms with Crippen molar-refractivity contribution in [3.8, 4) is 0 Å². The molecule has 1 unspecified atom stereocenters. The summed E-state index contributed by atoms with van der Waals surface area (Å²) in [5.41, 5.74) is 2.52. The molecule has 2 heteroatoms. The summed E-state index contributed by atoms with van der Waals surface area (Å²) in [4.78, 5) is 0. The van der Waals surface area contributed by atoms with Gasteiger partial charge in [-0.3, -0.25) is 0 Å². The Morgan fingerprint density at radius 2 is 1.70 bits per heavy atom. The molecule has 104 valence electrons. The van der Waals surface area contributed by atoms with Gasteiger partial charge in [0, 0.05) is 17.1 Å². The molecule has 0 heterocycles. The number of halogens is 1. The van der Waals surface area contributed by atoms with Gasteiger partial charge in [0.2, 0.25) is 0 Å². The van der Waals surface area contributed by atoms with Crippen LogP contribution in [0.2, 0.25) is 5.02 Å². The van der Waals surface area contributed by atoms with Gasteiger partial charge in [-0.1, -0.05) is 60.1 Å². The Morgan fingerprint density at radius 1 is 1.05 bits per heavy atom. The van der Waals surface area contributed by atoms with E-state index in [9.17, 15) is 0 Å². The van der Waals surface area contributed by atoms with Crippen LogP contribution in [0, 0.1) is 0 Å². The van der Waals surface area contributed by atoms with Gasteiger partial charge in [0.15, 0.2) is 0 Å². The lowest BCUT2D eigenvalue weighted by Crippen LogP contribution is -2.24. The van der Waals surface area contributed by atoms with Crippen LogP contribution >= 0.6 is 11.6 Å². The largest absolute Gasteiger partial charge is 0.303 e. The molecule has 0 radical (unpaired) electrons. The van der Waals surface area contributed by atoms with Crippen molar-refractivity contribution in [3.63, 3.8) is 0 Å². The minimum atomic E-state index is 0.250. The Hall–Kier alpha value is -1.57. The molecule has 0 aliphatic carbocycles. The predicted octanol–water partition coefficient (Wildman–Crippen LogP) is 5.31. The van der Waals surface area contributed by atoms with E-state index >= 15 is 0 Å². The lowest BCUT2D eigenvalue weighted by atomic mass is 10.0. The maximum absolute atomic E-state index is 5.95. The topological polar surface area (TPSA) is 12.0 Å². The highest BCUT2D eigenvalue weighted by molar-refractivity contribution is 6.30. The molecule has 1 nitrogen and oxygen atoms in total. The lowest BCUT2D eigenvalue weighted by Gasteiger charge is -2.23. The first-order valence-electron chi connectivity index (χ1n) is 6.88. The molecular weight excluding hydrogens is 266 g/mol. The van der Waals surface area contributed by atoms with Gasteiger partial charge in [-0.15, -0.1) is 6.58 Å². The van der Waals surface area contributed by atoms with Crippen LogP contribution in [0.5, 0.6) is 0 Å². The second-order valence-electron chi connectivity index (χ2n) is 4.93. The van der Waals surface area contributed by atoms with Crippen LogP contribution in [0.25, 0.3) is 0 Å². The fourth-order valence-electron chi connectivity index (χ4n) is 2.30. The molecule has 2 rings (SSSR count). The summed E-state index contributed by atoms with van der Waals surface area (Å²) < 4.78 is 0. The predicted molar refractivity (Wildman–Crippen MR) is 87.0 cm³/mol. The summed E-state index contributed by atoms with van der Waals surface area (Å²) in [6.45, 7) is 6.04. The molecule has 0 amide bonds. The molecule has 20 heavy (non-hydrogen) atoms. The van der Waals surface area contributed by atoms with E-state index in [1.54, 1.807) is 0 Å². The molecule has 0 spiro atoms. The molecular formula is C18H20ClN. The van der Waals surface area contributed by atoms with E-state index in [0.29, 0.717) is 0 Å². The third-order valence-corrected chi connectivity index (χ3v) is 3.68. The number of hydrogen-bond donors (Lipinski definition) is 1. The smallest absolute Gasteiger partial charge is 0.0406 e. The van der Waals surface area contributed by atoms with Crippen LogP contribution in [0.1, 0.15) is 36.6 Å². The second-order valence-corrected chi connectivity index (χ2v) is 5.36. The number of hydrogen-bond acceptors (Lipinski definition) is 1. The van der Waals surface area contributed by atoms with E-state index in [1.807, 2.05) is 24.3 Å². The summed E-state index contributed by atoms with van der Waals surface area (Å²) in [6.07, 6.45) is 2.84. The molecule has 0 aliphatic rings. The second kappa shape index (κ2) is 7.28. The van der Waals surface area contributed by atoms with Crippen LogP contribution in [0.15, 0.2) is 67.3 Å². The van der Waals surface area contributed by atoms with Crippen molar-refractivity contribution in [3.05, 3.63) is 83.4 Å². The van der Waals surface area contributed by atoms with E-state index in [-0.39, 0.29) is 12.1 Å². The van der Waals surface area contributed by atoms with Gasteiger partial charge in [-0.2, -0.15) is 0 Å². The normalized spacial score (nSPS) is 13.7. The molecule has 0 aromatic heterocycles. The number of nitrogens with one attached hydrogen (secondary N) is 1. The standard InChI is InChI=1S/C18H20ClN/c1-3-7-18(16-10-12-17(19)13-11-16)20-14(2)15-8-5-4-6-9-15/h3-6,8-14,18,20H,1,7H2,2H3/t14-,18?/m1/s1. The Balaban J connectivity index is 2.13. The third kappa shape index (κ3) is 3.96. The minimum absolute atomic E-state index is 0.250. The SMILES string of the molecule is C=CCC(N[C@H](C)c1ccccc1)c1ccc(Cl)cc1. The van der Waals surface area contributed by atoms with Crippen molar-refractivity contribution in [1.82, 2.24) is 5.32 Å². The summed E-state index contributed by atoms with van der Waals surface area (Å²) in [6, 6.07) is 19.0. The van der Waals surface area contributed by atoms with Crippen molar-refractivity contribution in [2.75, 3.05) is 0 Å². The van der Waals surface area contributed by atoms with Crippen molar-refractivity contribution in [2.45, 2.75) is 25.4 Å². The van der Waals surface area contributed by atoms with E-state index < -0.39 is 0 Å². The van der Waals surface area contributed by atoms with Gasteiger partial charge in [0.25, 0.3) is 0 Å². The molecule has 2 aromatic carbocycles. The van der Waals surface area contributed by atoms with E-state index in [1.165, 1.54) is 11.1 Å². The molecule has 0 saturated carbocycles. The van der Waals surface area contributed by atoms with Crippen molar-refractivity contribution in [2.24, 2.45) is 0 Å². The molecule has 2 atom stereocenters. The zero-order valence-corrected chi connectivity index (χ0v) is 12.5. The summed E-state index contributed by atoms with van der Waals surface area (Å²) in [5, 5.41) is 4.42. The summed E-state index contributed by atoms with van der Waals surface area (Å²) in [5.74, 6) is 0. The van der Waals surface area contributed by atoms with Crippen LogP contribution in [-0.4, -0.2) is 0 Å². The van der Waals surface area contributed by atoms with E-state index in [2.05, 4.69) is 55.2 Å². The first-order valence-corrected chi connectivity index (χ1v) is 7.26. The molecule has 2 aromatic rings. The highest BCUT2D eigenvalue weighted by Crippen LogP contribution is 2.23. The molecule has 0 bridgehead atoms. The Kier molecular flexibility index (Phi) is 5.40. The van der Waals surface area contributed by atoms with Gasteiger partial charge < -0.3 is 5.32 Å². The zero-order valence-electron chi connectivity index (χ0n) is 11.7. The van der Waals surface area contributed by atoms with E-state index in [4.69, 9.17) is 11.6 Å². The average Bonchev–Trinajstić information content (AvgIpc) is 2.48. The first kappa shape index (κ1) is 14.8. The molecule has 0 aliphatic heterocycles. The van der Waals surface area contributed by atoms with Crippen LogP contribution in [-0.2, 0) is 0 Å². The van der Waals surface area contributed by atoms with Crippen LogP contribution in [0.3, 0.4) is 0 Å². The van der Waals surface area contributed by atoms with Crippen molar-refractivity contribution < 1.29 is 0 Å². The van der Waals surface area contributed by atoms with Gasteiger partial charge in [-0.25, -0.2) is 0 Å². The maximum Gasteiger partial charge on any atom is 0.0406 e. The summed E-state index contributed by atoms with van der Waals surface area (Å²) >= 11 is 5.95. The highest BCUT2D eigenvalue weighted by Gasteiger charge is 2.14. The fourth-order valence-corrected chi connectivity index (χ4v) is 2.43. The lowest BCUT2D eigenvalue weighted by molar-refractivity contribution is 0.470. The minimum Gasteiger partial charge on any atom is -0.303 e. The highest BCUT2D eigenvalue weighted by atomic mass is 35.5. The Labute approximate surface area is 126 Å². The number of rotatable bonds is 6. The quantitative estimate of drug-likeness (QED) is 0.709. The van der Waals surface area contributed by atoms with Crippen molar-refractivity contribution >= 4 is 11.6 Å². The third-order valence-electron chi connectivity index (χ3n) is 3.43. The molecule has 0 saturated heterocycles. The van der Waals surface area contributed by atoms with Gasteiger partial charge >= 0.3 is 0 Å². The van der Waals surface area contributed by atoms with Gasteiger partial charge in [0.1, 0.15) is 0 Å². The average molecular weight is 286 g/mol. The maximum atomic E-state index is 5.95. The number of benzene rings is 2. The van der Waals surface area contributed by atoms with Crippen LogP contribution in [0.4, 0.5) is 0 Å². The zero-order chi connectivity index (χ0) is 14.4. The van der Waals surface area contributed by atoms with E-state index in [0.717, 1.165) is 11.4 Å². The van der Waals surface area contributed by atoms with Gasteiger partial charge in [-0.05, 0) is 36.6 Å².